The van der Waals surface area contributed by atoms with Gasteiger partial charge in [-0.3, -0.25) is 9.69 Å². The summed E-state index contributed by atoms with van der Waals surface area (Å²) in [5, 5.41) is 9.82. The van der Waals surface area contributed by atoms with Crippen molar-refractivity contribution in [3.63, 3.8) is 0 Å². The molecular formula is C21H19ClN2O4S. The number of ether oxygens (including phenoxy) is 1. The lowest BCUT2D eigenvalue weighted by Gasteiger charge is -2.13. The highest BCUT2D eigenvalue weighted by molar-refractivity contribution is 7.80. The molecule has 0 radical (unpaired) electrons. The molecule has 2 aromatic carbocycles. The maximum atomic E-state index is 12.5. The van der Waals surface area contributed by atoms with Gasteiger partial charge in [-0.2, -0.15) is 0 Å². The van der Waals surface area contributed by atoms with E-state index >= 15 is 0 Å². The number of carbonyl (C=O) groups is 2. The van der Waals surface area contributed by atoms with Gasteiger partial charge in [-0.15, -0.1) is 0 Å². The number of nitrogens with zero attached hydrogens (tertiary/aromatic N) is 2. The Morgan fingerprint density at radius 3 is 2.48 bits per heavy atom. The highest BCUT2D eigenvalue weighted by Crippen LogP contribution is 2.29. The molecule has 0 atom stereocenters. The van der Waals surface area contributed by atoms with E-state index in [1.54, 1.807) is 48.4 Å². The zero-order valence-corrected chi connectivity index (χ0v) is 17.5. The van der Waals surface area contributed by atoms with Crippen molar-refractivity contribution in [2.45, 2.75) is 13.5 Å². The van der Waals surface area contributed by atoms with Gasteiger partial charge in [0.1, 0.15) is 18.1 Å². The van der Waals surface area contributed by atoms with Gasteiger partial charge in [0.05, 0.1) is 10.6 Å². The summed E-state index contributed by atoms with van der Waals surface area (Å²) in [5.74, 6) is -0.617. The third kappa shape index (κ3) is 4.41. The summed E-state index contributed by atoms with van der Waals surface area (Å²) in [6.45, 7) is 2.64. The van der Waals surface area contributed by atoms with Crippen molar-refractivity contribution >= 4 is 46.9 Å². The topological polar surface area (TPSA) is 70.1 Å². The van der Waals surface area contributed by atoms with Crippen LogP contribution in [0.3, 0.4) is 0 Å². The van der Waals surface area contributed by atoms with Crippen LogP contribution in [0.25, 0.3) is 6.08 Å². The molecule has 1 amide bonds. The Morgan fingerprint density at radius 2 is 1.93 bits per heavy atom. The Balaban J connectivity index is 1.73. The molecule has 1 N–H and O–H groups in total. The van der Waals surface area contributed by atoms with Gasteiger partial charge in [0.2, 0.25) is 0 Å². The van der Waals surface area contributed by atoms with E-state index in [4.69, 9.17) is 33.7 Å². The second kappa shape index (κ2) is 8.63. The van der Waals surface area contributed by atoms with E-state index in [1.807, 2.05) is 6.92 Å². The Hall–Kier alpha value is -2.90. The average molecular weight is 431 g/mol. The molecule has 1 saturated heterocycles. The first kappa shape index (κ1) is 20.8. The average Bonchev–Trinajstić information content (AvgIpc) is 2.90. The van der Waals surface area contributed by atoms with Crippen molar-refractivity contribution < 1.29 is 19.4 Å². The fourth-order valence-electron chi connectivity index (χ4n) is 2.88. The monoisotopic (exact) mass is 430 g/mol. The number of hydrogen-bond donors (Lipinski definition) is 1. The number of likely N-dealkylation sites (N-methyl/N-ethyl adjacent to an activating group) is 2. The second-order valence-electron chi connectivity index (χ2n) is 6.40. The zero-order chi connectivity index (χ0) is 21.1. The molecule has 3 rings (SSSR count). The van der Waals surface area contributed by atoms with Crippen molar-refractivity contribution in [2.75, 3.05) is 13.6 Å². The van der Waals surface area contributed by atoms with Gasteiger partial charge in [-0.25, -0.2) is 4.79 Å². The lowest BCUT2D eigenvalue weighted by molar-refractivity contribution is -0.122. The summed E-state index contributed by atoms with van der Waals surface area (Å²) in [4.78, 5) is 26.6. The fourth-order valence-corrected chi connectivity index (χ4v) is 3.43. The fraction of sp³-hybridized carbons (Fsp3) is 0.190. The largest absolute Gasteiger partial charge is 0.487 e. The van der Waals surface area contributed by atoms with Crippen LogP contribution < -0.4 is 4.74 Å². The smallest absolute Gasteiger partial charge is 0.335 e. The molecular weight excluding hydrogens is 412 g/mol. The van der Waals surface area contributed by atoms with Crippen LogP contribution in [-0.4, -0.2) is 45.5 Å². The first-order valence-electron chi connectivity index (χ1n) is 8.87. The van der Waals surface area contributed by atoms with Crippen LogP contribution in [0.4, 0.5) is 0 Å². The molecule has 1 aliphatic rings. The number of halogens is 1. The number of carbonyl (C=O) groups excluding carboxylic acids is 1. The van der Waals surface area contributed by atoms with Gasteiger partial charge < -0.3 is 14.7 Å². The third-order valence-electron chi connectivity index (χ3n) is 4.51. The van der Waals surface area contributed by atoms with Crippen molar-refractivity contribution in [2.24, 2.45) is 0 Å². The molecule has 2 aromatic rings. The maximum absolute atomic E-state index is 12.5. The highest BCUT2D eigenvalue weighted by atomic mass is 35.5. The summed E-state index contributed by atoms with van der Waals surface area (Å²) in [5.41, 5.74) is 2.28. The summed E-state index contributed by atoms with van der Waals surface area (Å²) in [6, 6.07) is 11.7. The molecule has 150 valence electrons. The number of amides is 1. The van der Waals surface area contributed by atoms with Crippen LogP contribution in [0.1, 0.15) is 28.4 Å². The zero-order valence-electron chi connectivity index (χ0n) is 15.9. The predicted octanol–water partition coefficient (Wildman–Crippen LogP) is 4.04. The van der Waals surface area contributed by atoms with Crippen molar-refractivity contribution in [1.82, 2.24) is 9.80 Å². The maximum Gasteiger partial charge on any atom is 0.335 e. The second-order valence-corrected chi connectivity index (χ2v) is 7.17. The van der Waals surface area contributed by atoms with Crippen LogP contribution in [0.15, 0.2) is 48.2 Å². The van der Waals surface area contributed by atoms with E-state index < -0.39 is 5.97 Å². The number of carboxylic acid groups (broad SMARTS) is 1. The highest BCUT2D eigenvalue weighted by Gasteiger charge is 2.34. The Bertz CT molecular complexity index is 1000. The molecule has 29 heavy (non-hydrogen) atoms. The molecule has 0 unspecified atom stereocenters. The standard InChI is InChI=1S/C21H19ClN2O4S/c1-3-24-19(25)17(23(2)21(24)29)11-14-6-9-18(16(22)10-14)28-12-13-4-7-15(8-5-13)20(26)27/h4-11H,3,12H2,1-2H3,(H,26,27)/b17-11-. The van der Waals surface area contributed by atoms with Crippen molar-refractivity contribution in [3.05, 3.63) is 69.9 Å². The molecule has 8 heteroatoms. The van der Waals surface area contributed by atoms with E-state index in [9.17, 15) is 9.59 Å². The molecule has 0 aliphatic carbocycles. The van der Waals surface area contributed by atoms with Crippen LogP contribution in [0, 0.1) is 0 Å². The Morgan fingerprint density at radius 1 is 1.24 bits per heavy atom. The Kier molecular flexibility index (Phi) is 6.20. The minimum atomic E-state index is -0.973. The molecule has 1 aliphatic heterocycles. The van der Waals surface area contributed by atoms with Gasteiger partial charge >= 0.3 is 5.97 Å². The minimum Gasteiger partial charge on any atom is -0.487 e. The molecule has 6 nitrogen and oxygen atoms in total. The summed E-state index contributed by atoms with van der Waals surface area (Å²) < 4.78 is 5.74. The van der Waals surface area contributed by atoms with Crippen LogP contribution in [-0.2, 0) is 11.4 Å². The number of rotatable bonds is 6. The van der Waals surface area contributed by atoms with Crippen LogP contribution in [0.2, 0.25) is 5.02 Å². The SMILES string of the molecule is CCN1C(=O)/C(=C/c2ccc(OCc3ccc(C(=O)O)cc3)c(Cl)c2)N(C)C1=S. The van der Waals surface area contributed by atoms with E-state index in [-0.39, 0.29) is 18.1 Å². The summed E-state index contributed by atoms with van der Waals surface area (Å²) in [6.07, 6.45) is 1.74. The van der Waals surface area contributed by atoms with Gasteiger partial charge in [0.15, 0.2) is 5.11 Å². The predicted molar refractivity (Wildman–Crippen MR) is 115 cm³/mol. The number of benzene rings is 2. The third-order valence-corrected chi connectivity index (χ3v) is 5.30. The quantitative estimate of drug-likeness (QED) is 0.551. The van der Waals surface area contributed by atoms with Gasteiger partial charge in [-0.05, 0) is 60.6 Å². The van der Waals surface area contributed by atoms with Gasteiger partial charge in [0, 0.05) is 13.6 Å². The molecule has 0 saturated carbocycles. The Labute approximate surface area is 178 Å². The molecule has 1 heterocycles. The number of carboxylic acids is 1. The normalized spacial score (nSPS) is 15.3. The molecule has 0 aromatic heterocycles. The lowest BCUT2D eigenvalue weighted by atomic mass is 10.1. The van der Waals surface area contributed by atoms with Crippen molar-refractivity contribution in [1.29, 1.82) is 0 Å². The first-order chi connectivity index (χ1) is 13.8. The number of aromatic carboxylic acids is 1. The summed E-state index contributed by atoms with van der Waals surface area (Å²) >= 11 is 11.6. The molecule has 0 spiro atoms. The lowest BCUT2D eigenvalue weighted by Crippen LogP contribution is -2.30. The van der Waals surface area contributed by atoms with E-state index in [2.05, 4.69) is 0 Å². The molecule has 0 bridgehead atoms. The number of thiocarbonyl (C=S) groups is 1. The summed E-state index contributed by atoms with van der Waals surface area (Å²) in [7, 11) is 1.76. The molecule has 1 fully saturated rings. The van der Waals surface area contributed by atoms with Gasteiger partial charge in [-0.1, -0.05) is 29.8 Å². The van der Waals surface area contributed by atoms with Gasteiger partial charge in [0.25, 0.3) is 5.91 Å². The van der Waals surface area contributed by atoms with E-state index in [0.717, 1.165) is 11.1 Å². The first-order valence-corrected chi connectivity index (χ1v) is 9.66. The van der Waals surface area contributed by atoms with Crippen LogP contribution in [0.5, 0.6) is 5.75 Å². The number of hydrogen-bond acceptors (Lipinski definition) is 4. The minimum absolute atomic E-state index is 0.138. The van der Waals surface area contributed by atoms with Crippen LogP contribution >= 0.6 is 23.8 Å². The van der Waals surface area contributed by atoms with Crippen molar-refractivity contribution in [3.8, 4) is 5.75 Å². The van der Waals surface area contributed by atoms with E-state index in [0.29, 0.717) is 28.1 Å². The van der Waals surface area contributed by atoms with E-state index in [1.165, 1.54) is 17.0 Å².